The number of sulfonamides is 1. The molecule has 0 spiro atoms. The third-order valence-electron chi connectivity index (χ3n) is 4.31. The molecule has 136 valence electrons. The number of benzene rings is 1. The average molecular weight is 429 g/mol. The molecule has 6 nitrogen and oxygen atoms in total. The van der Waals surface area contributed by atoms with E-state index in [-0.39, 0.29) is 9.92 Å². The summed E-state index contributed by atoms with van der Waals surface area (Å²) in [5.41, 5.74) is 0. The monoisotopic (exact) mass is 428 g/mol. The summed E-state index contributed by atoms with van der Waals surface area (Å²) in [5, 5.41) is 3.54. The van der Waals surface area contributed by atoms with Crippen LogP contribution in [0.25, 0.3) is 10.2 Å². The number of hydrogen-bond donors (Lipinski definition) is 0. The molecule has 1 aromatic carbocycles. The van der Waals surface area contributed by atoms with Crippen molar-refractivity contribution in [2.75, 3.05) is 31.1 Å². The third-order valence-corrected chi connectivity index (χ3v) is 7.76. The number of thiophene rings is 1. The van der Waals surface area contributed by atoms with Gasteiger partial charge in [0.15, 0.2) is 0 Å². The van der Waals surface area contributed by atoms with E-state index in [2.05, 4.69) is 14.9 Å². The summed E-state index contributed by atoms with van der Waals surface area (Å²) in [6.45, 7) is 1.86. The van der Waals surface area contributed by atoms with Crippen LogP contribution in [0, 0.1) is 0 Å². The molecule has 0 aliphatic carbocycles. The fourth-order valence-corrected chi connectivity index (χ4v) is 5.49. The van der Waals surface area contributed by atoms with Gasteiger partial charge in [-0.1, -0.05) is 23.2 Å². The Kier molecular flexibility index (Phi) is 4.79. The molecule has 4 rings (SSSR count). The van der Waals surface area contributed by atoms with E-state index in [9.17, 15) is 8.42 Å². The zero-order chi connectivity index (χ0) is 18.3. The highest BCUT2D eigenvalue weighted by Crippen LogP contribution is 2.29. The summed E-state index contributed by atoms with van der Waals surface area (Å²) < 4.78 is 27.2. The minimum atomic E-state index is -3.61. The quantitative estimate of drug-likeness (QED) is 0.638. The van der Waals surface area contributed by atoms with Crippen molar-refractivity contribution in [1.29, 1.82) is 0 Å². The van der Waals surface area contributed by atoms with Gasteiger partial charge in [-0.15, -0.1) is 11.3 Å². The van der Waals surface area contributed by atoms with Gasteiger partial charge < -0.3 is 4.90 Å². The van der Waals surface area contributed by atoms with Crippen molar-refractivity contribution in [2.45, 2.75) is 4.90 Å². The summed E-state index contributed by atoms with van der Waals surface area (Å²) in [4.78, 5) is 11.8. The second kappa shape index (κ2) is 6.94. The molecule has 1 saturated heterocycles. The maximum atomic E-state index is 12.8. The van der Waals surface area contributed by atoms with Gasteiger partial charge in [-0.3, -0.25) is 0 Å². The highest BCUT2D eigenvalue weighted by Gasteiger charge is 2.29. The Morgan fingerprint density at radius 1 is 1.00 bits per heavy atom. The Labute approximate surface area is 165 Å². The molecule has 10 heteroatoms. The molecule has 0 radical (unpaired) electrons. The van der Waals surface area contributed by atoms with Gasteiger partial charge in [0.05, 0.1) is 20.3 Å². The van der Waals surface area contributed by atoms with Crippen molar-refractivity contribution in [3.63, 3.8) is 0 Å². The number of piperazine rings is 1. The summed E-state index contributed by atoms with van der Waals surface area (Å²) in [5.74, 6) is 0.850. The molecule has 1 aliphatic rings. The van der Waals surface area contributed by atoms with Crippen LogP contribution in [0.2, 0.25) is 10.0 Å². The zero-order valence-corrected chi connectivity index (χ0v) is 16.6. The Balaban J connectivity index is 1.54. The molecule has 1 fully saturated rings. The molecule has 1 aliphatic heterocycles. The molecule has 0 bridgehead atoms. The number of hydrogen-bond acceptors (Lipinski definition) is 6. The van der Waals surface area contributed by atoms with Crippen LogP contribution in [0.1, 0.15) is 0 Å². The van der Waals surface area contributed by atoms with Crippen LogP contribution in [-0.2, 0) is 10.0 Å². The first-order valence-electron chi connectivity index (χ1n) is 7.85. The van der Waals surface area contributed by atoms with Gasteiger partial charge in [-0.05, 0) is 29.6 Å². The predicted molar refractivity (Wildman–Crippen MR) is 105 cm³/mol. The second-order valence-corrected chi connectivity index (χ2v) is 9.45. The maximum absolute atomic E-state index is 12.8. The van der Waals surface area contributed by atoms with Crippen molar-refractivity contribution in [1.82, 2.24) is 14.3 Å². The molecule has 0 atom stereocenters. The second-order valence-electron chi connectivity index (χ2n) is 5.80. The lowest BCUT2D eigenvalue weighted by Gasteiger charge is -2.34. The van der Waals surface area contributed by atoms with E-state index in [4.69, 9.17) is 23.2 Å². The number of anilines is 1. The Morgan fingerprint density at radius 2 is 1.77 bits per heavy atom. The molecule has 0 N–H and O–H groups in total. The van der Waals surface area contributed by atoms with Crippen LogP contribution in [0.4, 0.5) is 5.82 Å². The lowest BCUT2D eigenvalue weighted by atomic mass is 10.3. The van der Waals surface area contributed by atoms with Gasteiger partial charge in [-0.2, -0.15) is 4.31 Å². The van der Waals surface area contributed by atoms with Crippen LogP contribution in [0.5, 0.6) is 0 Å². The molecule has 0 saturated carbocycles. The van der Waals surface area contributed by atoms with Crippen molar-refractivity contribution < 1.29 is 8.42 Å². The van der Waals surface area contributed by atoms with E-state index in [0.29, 0.717) is 31.2 Å². The number of halogens is 2. The molecule has 0 unspecified atom stereocenters. The number of rotatable bonds is 3. The van der Waals surface area contributed by atoms with Gasteiger partial charge in [0.1, 0.15) is 17.0 Å². The van der Waals surface area contributed by atoms with Gasteiger partial charge >= 0.3 is 0 Å². The van der Waals surface area contributed by atoms with Gasteiger partial charge in [0.25, 0.3) is 0 Å². The van der Waals surface area contributed by atoms with Crippen LogP contribution < -0.4 is 4.90 Å². The van der Waals surface area contributed by atoms with Crippen LogP contribution in [-0.4, -0.2) is 48.9 Å². The molecular formula is C16H14Cl2N4O2S2. The lowest BCUT2D eigenvalue weighted by molar-refractivity contribution is 0.384. The third kappa shape index (κ3) is 3.16. The smallest absolute Gasteiger partial charge is 0.243 e. The summed E-state index contributed by atoms with van der Waals surface area (Å²) in [6, 6.07) is 6.37. The van der Waals surface area contributed by atoms with E-state index in [1.165, 1.54) is 22.5 Å². The van der Waals surface area contributed by atoms with Crippen LogP contribution >= 0.6 is 34.5 Å². The van der Waals surface area contributed by atoms with Gasteiger partial charge in [0, 0.05) is 26.2 Å². The highest BCUT2D eigenvalue weighted by atomic mass is 35.5. The molecule has 0 amide bonds. The highest BCUT2D eigenvalue weighted by molar-refractivity contribution is 7.89. The van der Waals surface area contributed by atoms with E-state index < -0.39 is 10.0 Å². The first-order valence-corrected chi connectivity index (χ1v) is 10.9. The number of aromatic nitrogens is 2. The molecule has 26 heavy (non-hydrogen) atoms. The zero-order valence-electron chi connectivity index (χ0n) is 13.5. The van der Waals surface area contributed by atoms with Crippen molar-refractivity contribution in [3.05, 3.63) is 46.0 Å². The molecular weight excluding hydrogens is 415 g/mol. The summed E-state index contributed by atoms with van der Waals surface area (Å²) in [6.07, 6.45) is 1.55. The average Bonchev–Trinajstić information content (AvgIpc) is 3.13. The van der Waals surface area contributed by atoms with Crippen molar-refractivity contribution in [3.8, 4) is 0 Å². The SMILES string of the molecule is O=S(=O)(c1ccc(Cl)c(Cl)c1)N1CCN(c2ncnc3sccc23)CC1. The van der Waals surface area contributed by atoms with Crippen LogP contribution in [0.3, 0.4) is 0 Å². The first kappa shape index (κ1) is 17.9. The van der Waals surface area contributed by atoms with E-state index in [1.54, 1.807) is 17.7 Å². The lowest BCUT2D eigenvalue weighted by Crippen LogP contribution is -2.49. The normalized spacial score (nSPS) is 16.3. The number of fused-ring (bicyclic) bond motifs is 1. The molecule has 3 aromatic rings. The minimum absolute atomic E-state index is 0.155. The largest absolute Gasteiger partial charge is 0.353 e. The topological polar surface area (TPSA) is 66.4 Å². The minimum Gasteiger partial charge on any atom is -0.353 e. The fourth-order valence-electron chi connectivity index (χ4n) is 2.96. The van der Waals surface area contributed by atoms with Crippen molar-refractivity contribution >= 4 is 60.6 Å². The summed E-state index contributed by atoms with van der Waals surface area (Å²) in [7, 11) is -3.61. The van der Waals surface area contributed by atoms with Gasteiger partial charge in [-0.25, -0.2) is 18.4 Å². The Morgan fingerprint density at radius 3 is 2.50 bits per heavy atom. The first-order chi connectivity index (χ1) is 12.5. The molecule has 2 aromatic heterocycles. The Hall–Kier alpha value is -1.45. The van der Waals surface area contributed by atoms with Crippen molar-refractivity contribution in [2.24, 2.45) is 0 Å². The maximum Gasteiger partial charge on any atom is 0.243 e. The standard InChI is InChI=1S/C16H14Cl2N4O2S2/c17-13-2-1-11(9-14(13)18)26(23,24)22-6-4-21(5-7-22)15-12-3-8-25-16(12)20-10-19-15/h1-3,8-10H,4-7H2. The van der Waals surface area contributed by atoms with E-state index >= 15 is 0 Å². The van der Waals surface area contributed by atoms with Gasteiger partial charge in [0.2, 0.25) is 10.0 Å². The van der Waals surface area contributed by atoms with E-state index in [1.807, 2.05) is 11.4 Å². The number of nitrogens with zero attached hydrogens (tertiary/aromatic N) is 4. The predicted octanol–water partition coefficient (Wildman–Crippen LogP) is 3.51. The van der Waals surface area contributed by atoms with Crippen LogP contribution in [0.15, 0.2) is 40.9 Å². The fraction of sp³-hybridized carbons (Fsp3) is 0.250. The Bertz CT molecular complexity index is 1060. The summed E-state index contributed by atoms with van der Waals surface area (Å²) >= 11 is 13.4. The molecule has 3 heterocycles. The van der Waals surface area contributed by atoms with E-state index in [0.717, 1.165) is 16.0 Å².